The number of hydrogen-bond donors (Lipinski definition) is 1. The van der Waals surface area contributed by atoms with Crippen molar-refractivity contribution in [3.63, 3.8) is 0 Å². The summed E-state index contributed by atoms with van der Waals surface area (Å²) >= 11 is 3.10. The second-order valence-electron chi connectivity index (χ2n) is 5.48. The summed E-state index contributed by atoms with van der Waals surface area (Å²) in [5.74, 6) is -1.64. The number of carbonyl (C=O) groups excluding carboxylic acids is 1. The number of hydrogen-bond acceptors (Lipinski definition) is 2. The van der Waals surface area contributed by atoms with Crippen LogP contribution in [0.2, 0.25) is 0 Å². The Labute approximate surface area is 131 Å². The van der Waals surface area contributed by atoms with Gasteiger partial charge < -0.3 is 10.0 Å². The van der Waals surface area contributed by atoms with E-state index in [-0.39, 0.29) is 30.0 Å². The van der Waals surface area contributed by atoms with Gasteiger partial charge in [-0.05, 0) is 46.0 Å². The Morgan fingerprint density at radius 3 is 2.76 bits per heavy atom. The minimum absolute atomic E-state index is 0.0517. The molecular formula is C15H17BrFNO3. The van der Waals surface area contributed by atoms with Gasteiger partial charge in [-0.15, -0.1) is 0 Å². The first kappa shape index (κ1) is 15.9. The lowest BCUT2D eigenvalue weighted by atomic mass is 9.87. The highest BCUT2D eigenvalue weighted by Crippen LogP contribution is 2.24. The van der Waals surface area contributed by atoms with Gasteiger partial charge in [0.25, 0.3) is 0 Å². The number of aliphatic carboxylic acids is 1. The largest absolute Gasteiger partial charge is 0.481 e. The van der Waals surface area contributed by atoms with E-state index < -0.39 is 5.97 Å². The number of nitrogens with zero attached hydrogens (tertiary/aromatic N) is 1. The number of amides is 1. The highest BCUT2D eigenvalue weighted by Gasteiger charge is 2.32. The molecule has 0 radical (unpaired) electrons. The first-order valence-corrected chi connectivity index (χ1v) is 7.62. The Morgan fingerprint density at radius 1 is 1.48 bits per heavy atom. The Kier molecular flexibility index (Phi) is 4.98. The van der Waals surface area contributed by atoms with Gasteiger partial charge in [0, 0.05) is 13.1 Å². The van der Waals surface area contributed by atoms with Crippen molar-refractivity contribution in [2.24, 2.45) is 11.8 Å². The molecule has 1 heterocycles. The number of carboxylic acid groups (broad SMARTS) is 1. The van der Waals surface area contributed by atoms with Gasteiger partial charge in [-0.25, -0.2) is 4.39 Å². The van der Waals surface area contributed by atoms with Gasteiger partial charge in [-0.2, -0.15) is 0 Å². The minimum Gasteiger partial charge on any atom is -0.481 e. The summed E-state index contributed by atoms with van der Waals surface area (Å²) in [4.78, 5) is 25.0. The lowest BCUT2D eigenvalue weighted by Crippen LogP contribution is -2.45. The van der Waals surface area contributed by atoms with Crippen LogP contribution < -0.4 is 0 Å². The first-order chi connectivity index (χ1) is 9.88. The van der Waals surface area contributed by atoms with Crippen LogP contribution in [0.15, 0.2) is 22.7 Å². The summed E-state index contributed by atoms with van der Waals surface area (Å²) in [5.41, 5.74) is 0.737. The third-order valence-electron chi connectivity index (χ3n) is 3.91. The van der Waals surface area contributed by atoms with Crippen LogP contribution >= 0.6 is 15.9 Å². The molecule has 2 atom stereocenters. The number of benzene rings is 1. The average molecular weight is 358 g/mol. The topological polar surface area (TPSA) is 57.6 Å². The number of carbonyl (C=O) groups is 2. The van der Waals surface area contributed by atoms with Crippen LogP contribution in [0.25, 0.3) is 0 Å². The van der Waals surface area contributed by atoms with Crippen molar-refractivity contribution < 1.29 is 19.1 Å². The summed E-state index contributed by atoms with van der Waals surface area (Å²) < 4.78 is 13.5. The molecule has 114 valence electrons. The third kappa shape index (κ3) is 3.81. The second kappa shape index (κ2) is 6.56. The standard InChI is InChI=1S/C15H17BrFNO3/c1-9-8-18(5-4-11(9)15(20)21)14(19)7-10-2-3-13(17)12(16)6-10/h2-3,6,9,11H,4-5,7-8H2,1H3,(H,20,21). The van der Waals surface area contributed by atoms with E-state index in [4.69, 9.17) is 5.11 Å². The number of carboxylic acids is 1. The predicted octanol–water partition coefficient (Wildman–Crippen LogP) is 2.70. The molecule has 0 bridgehead atoms. The number of piperidine rings is 1. The smallest absolute Gasteiger partial charge is 0.306 e. The van der Waals surface area contributed by atoms with E-state index >= 15 is 0 Å². The molecule has 1 saturated heterocycles. The fourth-order valence-electron chi connectivity index (χ4n) is 2.68. The van der Waals surface area contributed by atoms with E-state index in [0.717, 1.165) is 5.56 Å². The highest BCUT2D eigenvalue weighted by atomic mass is 79.9. The van der Waals surface area contributed by atoms with E-state index in [9.17, 15) is 14.0 Å². The van der Waals surface area contributed by atoms with E-state index in [2.05, 4.69) is 15.9 Å². The molecule has 21 heavy (non-hydrogen) atoms. The van der Waals surface area contributed by atoms with E-state index in [1.165, 1.54) is 6.07 Å². The van der Waals surface area contributed by atoms with Crippen molar-refractivity contribution in [3.8, 4) is 0 Å². The van der Waals surface area contributed by atoms with Gasteiger partial charge in [-0.1, -0.05) is 13.0 Å². The summed E-state index contributed by atoms with van der Waals surface area (Å²) in [5, 5.41) is 9.08. The Balaban J connectivity index is 1.98. The minimum atomic E-state index is -0.794. The van der Waals surface area contributed by atoms with Crippen LogP contribution in [-0.2, 0) is 16.0 Å². The molecule has 1 aromatic carbocycles. The van der Waals surface area contributed by atoms with E-state index in [1.54, 1.807) is 17.0 Å². The Morgan fingerprint density at radius 2 is 2.19 bits per heavy atom. The SMILES string of the molecule is CC1CN(C(=O)Cc2ccc(F)c(Br)c2)CCC1C(=O)O. The molecule has 1 amide bonds. The molecule has 0 saturated carbocycles. The normalized spacial score (nSPS) is 22.1. The predicted molar refractivity (Wildman–Crippen MR) is 79.3 cm³/mol. The maximum Gasteiger partial charge on any atom is 0.306 e. The fraction of sp³-hybridized carbons (Fsp3) is 0.467. The highest BCUT2D eigenvalue weighted by molar-refractivity contribution is 9.10. The van der Waals surface area contributed by atoms with Crippen molar-refractivity contribution in [1.29, 1.82) is 0 Å². The zero-order valence-electron chi connectivity index (χ0n) is 11.7. The molecule has 0 spiro atoms. The zero-order valence-corrected chi connectivity index (χ0v) is 13.3. The molecular weight excluding hydrogens is 341 g/mol. The van der Waals surface area contributed by atoms with Crippen LogP contribution in [0, 0.1) is 17.7 Å². The number of halogens is 2. The molecule has 2 unspecified atom stereocenters. The van der Waals surface area contributed by atoms with Crippen molar-refractivity contribution in [2.45, 2.75) is 19.8 Å². The maximum atomic E-state index is 13.2. The summed E-state index contributed by atoms with van der Waals surface area (Å²) in [6.07, 6.45) is 0.679. The van der Waals surface area contributed by atoms with Gasteiger partial charge in [0.1, 0.15) is 5.82 Å². The van der Waals surface area contributed by atoms with Crippen LogP contribution in [-0.4, -0.2) is 35.0 Å². The lowest BCUT2D eigenvalue weighted by Gasteiger charge is -2.35. The summed E-state index contributed by atoms with van der Waals surface area (Å²) in [7, 11) is 0. The molecule has 1 fully saturated rings. The second-order valence-corrected chi connectivity index (χ2v) is 6.33. The molecule has 1 aromatic rings. The van der Waals surface area contributed by atoms with E-state index in [0.29, 0.717) is 24.0 Å². The third-order valence-corrected chi connectivity index (χ3v) is 4.52. The van der Waals surface area contributed by atoms with Crippen LogP contribution in [0.3, 0.4) is 0 Å². The van der Waals surface area contributed by atoms with Crippen molar-refractivity contribution in [3.05, 3.63) is 34.1 Å². The fourth-order valence-corrected chi connectivity index (χ4v) is 3.10. The van der Waals surface area contributed by atoms with Crippen LogP contribution in [0.1, 0.15) is 18.9 Å². The number of rotatable bonds is 3. The van der Waals surface area contributed by atoms with Gasteiger partial charge in [0.2, 0.25) is 5.91 Å². The molecule has 0 aliphatic carbocycles. The molecule has 6 heteroatoms. The first-order valence-electron chi connectivity index (χ1n) is 6.83. The maximum absolute atomic E-state index is 13.2. The molecule has 0 aromatic heterocycles. The van der Waals surface area contributed by atoms with Gasteiger partial charge in [0.05, 0.1) is 16.8 Å². The van der Waals surface area contributed by atoms with Gasteiger partial charge >= 0.3 is 5.97 Å². The van der Waals surface area contributed by atoms with Gasteiger partial charge in [-0.3, -0.25) is 9.59 Å². The summed E-state index contributed by atoms with van der Waals surface area (Å²) in [6, 6.07) is 4.51. The molecule has 4 nitrogen and oxygen atoms in total. The number of likely N-dealkylation sites (tertiary alicyclic amines) is 1. The molecule has 2 rings (SSSR count). The zero-order chi connectivity index (χ0) is 15.6. The summed E-state index contributed by atoms with van der Waals surface area (Å²) in [6.45, 7) is 2.77. The van der Waals surface area contributed by atoms with Crippen LogP contribution in [0.4, 0.5) is 4.39 Å². The Bertz CT molecular complexity index is 564. The molecule has 1 aliphatic heterocycles. The van der Waals surface area contributed by atoms with Crippen molar-refractivity contribution in [1.82, 2.24) is 4.90 Å². The quantitative estimate of drug-likeness (QED) is 0.904. The molecule has 1 aliphatic rings. The van der Waals surface area contributed by atoms with Crippen molar-refractivity contribution >= 4 is 27.8 Å². The van der Waals surface area contributed by atoms with Crippen LogP contribution in [0.5, 0.6) is 0 Å². The molecule has 1 N–H and O–H groups in total. The Hall–Kier alpha value is -1.43. The van der Waals surface area contributed by atoms with Crippen molar-refractivity contribution in [2.75, 3.05) is 13.1 Å². The average Bonchev–Trinajstić information content (AvgIpc) is 2.42. The lowest BCUT2D eigenvalue weighted by molar-refractivity contribution is -0.148. The van der Waals surface area contributed by atoms with E-state index in [1.807, 2.05) is 6.92 Å². The van der Waals surface area contributed by atoms with Gasteiger partial charge in [0.15, 0.2) is 0 Å². The monoisotopic (exact) mass is 357 g/mol.